The Morgan fingerprint density at radius 3 is 1.82 bits per heavy atom. The molecule has 4 saturated heterocycles. The second-order valence-corrected chi connectivity index (χ2v) is 18.2. The average Bonchev–Trinajstić information content (AvgIpc) is 4.21. The number of nitrogens with one attached hydrogen (secondary N) is 3. The number of hydrogen-bond donors (Lipinski definition) is 3. The minimum Gasteiger partial charge on any atom is -0.453 e. The first kappa shape index (κ1) is 43.6. The summed E-state index contributed by atoms with van der Waals surface area (Å²) in [6.07, 6.45) is 7.45. The summed E-state index contributed by atoms with van der Waals surface area (Å²) in [4.78, 5) is 70.2. The molecule has 4 fully saturated rings. The smallest absolute Gasteiger partial charge is 0.407 e. The van der Waals surface area contributed by atoms with Crippen LogP contribution in [0.5, 0.6) is 0 Å². The second-order valence-electron chi connectivity index (χ2n) is 18.2. The number of aromatic amines is 1. The highest BCUT2D eigenvalue weighted by Crippen LogP contribution is 2.39. The zero-order chi connectivity index (χ0) is 45.3. The first-order chi connectivity index (χ1) is 32.3. The molecule has 5 aliphatic heterocycles. The van der Waals surface area contributed by atoms with E-state index in [0.29, 0.717) is 71.6 Å². The minimum absolute atomic E-state index is 0.0140. The molecule has 4 aromatic carbocycles. The summed E-state index contributed by atoms with van der Waals surface area (Å²) >= 11 is 0. The highest BCUT2D eigenvalue weighted by Gasteiger charge is 2.42. The van der Waals surface area contributed by atoms with Gasteiger partial charge in [0.1, 0.15) is 17.9 Å². The van der Waals surface area contributed by atoms with E-state index in [2.05, 4.69) is 82.3 Å². The van der Waals surface area contributed by atoms with E-state index in [4.69, 9.17) is 28.9 Å². The lowest BCUT2D eigenvalue weighted by molar-refractivity contribution is -0.137. The van der Waals surface area contributed by atoms with Gasteiger partial charge in [-0.1, -0.05) is 42.5 Å². The zero-order valence-corrected chi connectivity index (χ0v) is 37.6. The lowest BCUT2D eigenvalue weighted by Gasteiger charge is -2.34. The molecule has 5 aromatic rings. The first-order valence-corrected chi connectivity index (χ1v) is 23.4. The van der Waals surface area contributed by atoms with Crippen molar-refractivity contribution in [1.29, 1.82) is 0 Å². The van der Waals surface area contributed by atoms with Gasteiger partial charge in [0.2, 0.25) is 11.8 Å². The first-order valence-electron chi connectivity index (χ1n) is 23.4. The summed E-state index contributed by atoms with van der Waals surface area (Å²) in [6.45, 7) is 3.48. The molecule has 344 valence electrons. The summed E-state index contributed by atoms with van der Waals surface area (Å²) < 4.78 is 20.9. The SMILES string of the molecule is COC(=O)N[C@H](C(=O)N1CCC[C@H]1C1=Nc2ccc3cc(-c4ccc5cc(-c6cnc([C@@H]7CCCN7C(=O)[C@@H](NC(=O)OC)C7CCOCC7)[nH]6)ccc5c4)ccc3c2C1)C1CCOCC1. The van der Waals surface area contributed by atoms with Gasteiger partial charge in [0.15, 0.2) is 0 Å². The number of aliphatic imine (C=N–C) groups is 1. The van der Waals surface area contributed by atoms with Gasteiger partial charge in [-0.25, -0.2) is 14.6 Å². The molecule has 3 N–H and O–H groups in total. The van der Waals surface area contributed by atoms with Crippen molar-refractivity contribution in [3.05, 3.63) is 84.3 Å². The maximum atomic E-state index is 14.2. The molecular formula is C51H57N7O8. The van der Waals surface area contributed by atoms with Crippen LogP contribution in [-0.2, 0) is 35.0 Å². The standard InChI is InChI=1S/C51H57N7O8/c1-63-50(61)55-45(30-15-21-65-22-16-30)48(59)57-19-3-5-43(57)41-28-39-38-13-11-35(26-36(38)12-14-40(39)53-41)32-7-8-34-27-37(10-9-33(34)25-32)42-29-52-47(54-42)44-6-4-20-58(44)49(60)46(56-51(62)64-2)31-17-23-66-24-18-31/h7-14,25-27,29-31,43-46H,3-6,15-24,28H2,1-2H3,(H,52,54)(H,55,61)(H,56,62)/t43-,44-,45-,46-/m0/s1. The number of fused-ring (bicyclic) bond motifs is 4. The molecule has 0 unspecified atom stereocenters. The van der Waals surface area contributed by atoms with Crippen molar-refractivity contribution in [3.63, 3.8) is 0 Å². The number of H-pyrrole nitrogens is 1. The van der Waals surface area contributed by atoms with Crippen molar-refractivity contribution in [3.8, 4) is 22.4 Å². The van der Waals surface area contributed by atoms with E-state index in [-0.39, 0.29) is 35.7 Å². The van der Waals surface area contributed by atoms with Gasteiger partial charge in [0.25, 0.3) is 0 Å². The number of imidazole rings is 1. The third-order valence-corrected chi connectivity index (χ3v) is 14.5. The van der Waals surface area contributed by atoms with Crippen LogP contribution in [0.3, 0.4) is 0 Å². The van der Waals surface area contributed by atoms with E-state index in [1.54, 1.807) is 0 Å². The van der Waals surface area contributed by atoms with Crippen molar-refractivity contribution in [1.82, 2.24) is 30.4 Å². The predicted octanol–water partition coefficient (Wildman–Crippen LogP) is 7.64. The van der Waals surface area contributed by atoms with Crippen LogP contribution in [0.2, 0.25) is 0 Å². The minimum atomic E-state index is -0.686. The van der Waals surface area contributed by atoms with Crippen LogP contribution >= 0.6 is 0 Å². The van der Waals surface area contributed by atoms with Crippen molar-refractivity contribution in [2.75, 3.05) is 53.7 Å². The number of amides is 4. The average molecular weight is 896 g/mol. The number of nitrogens with zero attached hydrogens (tertiary/aromatic N) is 4. The van der Waals surface area contributed by atoms with Gasteiger partial charge in [-0.15, -0.1) is 0 Å². The van der Waals surface area contributed by atoms with Gasteiger partial charge in [-0.05, 0) is 126 Å². The normalized spacial score (nSPS) is 21.1. The highest BCUT2D eigenvalue weighted by atomic mass is 16.5. The van der Waals surface area contributed by atoms with Crippen LogP contribution in [0.25, 0.3) is 43.9 Å². The number of methoxy groups -OCH3 is 2. The molecule has 1 aromatic heterocycles. The Morgan fingerprint density at radius 2 is 1.20 bits per heavy atom. The van der Waals surface area contributed by atoms with E-state index in [1.165, 1.54) is 19.8 Å². The number of aromatic nitrogens is 2. The molecular weight excluding hydrogens is 839 g/mol. The Balaban J connectivity index is 0.828. The number of carbonyl (C=O) groups excluding carboxylic acids is 4. The number of likely N-dealkylation sites (tertiary alicyclic amines) is 2. The molecule has 6 heterocycles. The third kappa shape index (κ3) is 8.61. The van der Waals surface area contributed by atoms with Crippen LogP contribution in [0.4, 0.5) is 15.3 Å². The fourth-order valence-electron chi connectivity index (χ4n) is 10.9. The Labute approximate surface area is 383 Å². The van der Waals surface area contributed by atoms with Crippen molar-refractivity contribution < 1.29 is 38.1 Å². The number of ether oxygens (including phenoxy) is 4. The van der Waals surface area contributed by atoms with Gasteiger partial charge in [-0.2, -0.15) is 0 Å². The van der Waals surface area contributed by atoms with Crippen LogP contribution in [0.15, 0.2) is 77.9 Å². The van der Waals surface area contributed by atoms with Crippen molar-refractivity contribution in [2.45, 2.75) is 82.0 Å². The van der Waals surface area contributed by atoms with E-state index >= 15 is 0 Å². The van der Waals surface area contributed by atoms with Crippen LogP contribution in [0.1, 0.15) is 68.8 Å². The predicted molar refractivity (Wildman–Crippen MR) is 249 cm³/mol. The van der Waals surface area contributed by atoms with Gasteiger partial charge < -0.3 is 44.4 Å². The molecule has 10 rings (SSSR count). The Bertz CT molecular complexity index is 2690. The lowest BCUT2D eigenvalue weighted by atomic mass is 9.90. The maximum absolute atomic E-state index is 14.2. The number of hydrogen-bond acceptors (Lipinski definition) is 10. The van der Waals surface area contributed by atoms with Crippen molar-refractivity contribution >= 4 is 56.9 Å². The largest absolute Gasteiger partial charge is 0.453 e. The molecule has 0 spiro atoms. The number of carbonyl (C=O) groups is 4. The molecule has 0 saturated carbocycles. The Hall–Kier alpha value is -6.32. The van der Waals surface area contributed by atoms with Crippen LogP contribution in [0, 0.1) is 11.8 Å². The Kier molecular flexibility index (Phi) is 12.5. The monoisotopic (exact) mass is 895 g/mol. The third-order valence-electron chi connectivity index (χ3n) is 14.5. The highest BCUT2D eigenvalue weighted by molar-refractivity contribution is 6.06. The molecule has 0 radical (unpaired) electrons. The molecule has 4 atom stereocenters. The van der Waals surface area contributed by atoms with Gasteiger partial charge >= 0.3 is 12.2 Å². The Morgan fingerprint density at radius 1 is 0.667 bits per heavy atom. The van der Waals surface area contributed by atoms with E-state index in [9.17, 15) is 19.2 Å². The maximum Gasteiger partial charge on any atom is 0.407 e. The molecule has 15 heteroatoms. The van der Waals surface area contributed by atoms with Gasteiger partial charge in [-0.3, -0.25) is 14.6 Å². The molecule has 5 aliphatic rings. The van der Waals surface area contributed by atoms with E-state index in [1.807, 2.05) is 16.0 Å². The van der Waals surface area contributed by atoms with Crippen LogP contribution in [-0.4, -0.2) is 121 Å². The summed E-state index contributed by atoms with van der Waals surface area (Å²) in [6, 6.07) is 22.1. The molecule has 0 aliphatic carbocycles. The fourth-order valence-corrected chi connectivity index (χ4v) is 10.9. The van der Waals surface area contributed by atoms with E-state index in [0.717, 1.165) is 86.8 Å². The van der Waals surface area contributed by atoms with Gasteiger partial charge in [0, 0.05) is 57.2 Å². The molecule has 0 bridgehead atoms. The summed E-state index contributed by atoms with van der Waals surface area (Å²) in [5.41, 5.74) is 7.23. The van der Waals surface area contributed by atoms with Gasteiger partial charge in [0.05, 0.1) is 43.9 Å². The molecule has 15 nitrogen and oxygen atoms in total. The number of alkyl carbamates (subject to hydrolysis) is 2. The summed E-state index contributed by atoms with van der Waals surface area (Å²) in [5.74, 6) is 0.512. The number of benzene rings is 4. The summed E-state index contributed by atoms with van der Waals surface area (Å²) in [7, 11) is 2.64. The second kappa shape index (κ2) is 18.9. The fraction of sp³-hybridized carbons (Fsp3) is 0.451. The zero-order valence-electron chi connectivity index (χ0n) is 37.6. The van der Waals surface area contributed by atoms with Crippen molar-refractivity contribution in [2.24, 2.45) is 16.8 Å². The van der Waals surface area contributed by atoms with E-state index < -0.39 is 24.3 Å². The summed E-state index contributed by atoms with van der Waals surface area (Å²) in [5, 5.41) is 10.2. The molecule has 66 heavy (non-hydrogen) atoms. The quantitative estimate of drug-likeness (QED) is 0.127. The lowest BCUT2D eigenvalue weighted by Crippen LogP contribution is -2.55. The topological polar surface area (TPSA) is 177 Å². The number of rotatable bonds is 10. The van der Waals surface area contributed by atoms with Crippen LogP contribution < -0.4 is 10.6 Å². The molecule has 4 amide bonds.